The van der Waals surface area contributed by atoms with Gasteiger partial charge in [0.25, 0.3) is 0 Å². The number of aliphatic carboxylic acids is 1. The minimum atomic E-state index is -1.10. The molecule has 12 nitrogen and oxygen atoms in total. The van der Waals surface area contributed by atoms with Crippen LogP contribution in [0.5, 0.6) is 17.2 Å². The molecule has 1 aliphatic rings. The molecule has 14 heteroatoms. The van der Waals surface area contributed by atoms with Crippen molar-refractivity contribution in [3.05, 3.63) is 132 Å². The van der Waals surface area contributed by atoms with Gasteiger partial charge in [-0.25, -0.2) is 29.1 Å². The van der Waals surface area contributed by atoms with E-state index >= 15 is 0 Å². The number of hydrogen-bond donors (Lipinski definition) is 2. The normalized spacial score (nSPS) is 13.8. The van der Waals surface area contributed by atoms with Crippen LogP contribution in [0.25, 0.3) is 43.2 Å². The first-order chi connectivity index (χ1) is 30.1. The van der Waals surface area contributed by atoms with Crippen molar-refractivity contribution < 1.29 is 28.5 Å². The van der Waals surface area contributed by atoms with Gasteiger partial charge in [0.1, 0.15) is 59.3 Å². The maximum absolute atomic E-state index is 14.2. The van der Waals surface area contributed by atoms with Crippen LogP contribution >= 0.6 is 11.3 Å². The topological polar surface area (TPSA) is 135 Å². The minimum Gasteiger partial charge on any atom is -0.496 e. The zero-order valence-electron chi connectivity index (χ0n) is 35.1. The number of carboxylic acid groups (broad SMARTS) is 1. The smallest absolute Gasteiger partial charge is 0.326 e. The summed E-state index contributed by atoms with van der Waals surface area (Å²) in [4.78, 5) is 37.9. The highest BCUT2D eigenvalue weighted by Crippen LogP contribution is 2.49. The number of aromatic nitrogens is 4. The van der Waals surface area contributed by atoms with E-state index in [1.54, 1.807) is 31.5 Å². The third-order valence-electron chi connectivity index (χ3n) is 11.1. The fraction of sp³-hybridized carbons (Fsp3) is 0.271. The molecule has 2 N–H and O–H groups in total. The number of anilines is 1. The van der Waals surface area contributed by atoms with Crippen LogP contribution in [0.2, 0.25) is 0 Å². The molecular formula is C48H48FN7O5S. The number of fused-ring (bicyclic) bond motifs is 1. The zero-order chi connectivity index (χ0) is 43.2. The number of methoxy groups -OCH3 is 1. The summed E-state index contributed by atoms with van der Waals surface area (Å²) in [7, 11) is 3.75. The fourth-order valence-electron chi connectivity index (χ4n) is 7.84. The van der Waals surface area contributed by atoms with E-state index in [4.69, 9.17) is 19.2 Å². The molecule has 1 saturated heterocycles. The van der Waals surface area contributed by atoms with Crippen LogP contribution in [0.1, 0.15) is 22.4 Å². The molecule has 0 radical (unpaired) electrons. The van der Waals surface area contributed by atoms with E-state index in [0.29, 0.717) is 51.2 Å². The number of piperazine rings is 1. The second kappa shape index (κ2) is 19.1. The van der Waals surface area contributed by atoms with Crippen molar-refractivity contribution >= 4 is 33.3 Å². The number of hydrogen-bond acceptors (Lipinski definition) is 12. The van der Waals surface area contributed by atoms with E-state index in [9.17, 15) is 14.3 Å². The second-order valence-electron chi connectivity index (χ2n) is 15.3. The van der Waals surface area contributed by atoms with Gasteiger partial charge < -0.3 is 29.5 Å². The molecule has 0 aliphatic carbocycles. The number of nitrogens with one attached hydrogen (secondary N) is 1. The van der Waals surface area contributed by atoms with Gasteiger partial charge in [-0.2, -0.15) is 0 Å². The number of nitrogens with zero attached hydrogens (tertiary/aromatic N) is 6. The van der Waals surface area contributed by atoms with Crippen molar-refractivity contribution in [2.24, 2.45) is 0 Å². The SMILES string of the molecule is COc1ccccc1-c1nccc(COc2ccccc2C[C@@H](Nc2ncnc3sc(-c4ccc(F)cc4)c(-c4c(C)cc(OCCN5CCN(C)CC5)cc4C)c23)C(=O)O)n1. The van der Waals surface area contributed by atoms with E-state index in [2.05, 4.69) is 37.1 Å². The molecule has 0 saturated carbocycles. The molecule has 7 aromatic rings. The van der Waals surface area contributed by atoms with Gasteiger partial charge in [-0.05, 0) is 97.2 Å². The maximum atomic E-state index is 14.2. The first-order valence-corrected chi connectivity index (χ1v) is 21.3. The average Bonchev–Trinajstić information content (AvgIpc) is 3.66. The summed E-state index contributed by atoms with van der Waals surface area (Å²) in [6, 6.07) is 26.0. The lowest BCUT2D eigenvalue weighted by molar-refractivity contribution is -0.137. The summed E-state index contributed by atoms with van der Waals surface area (Å²) >= 11 is 1.45. The standard InChI is InChI=1S/C48H48FN7O5S/c1-30-25-36(60-24-23-56-21-19-55(3)20-22-56)26-31(2)41(30)42-43-46(51-29-52-47(43)62-44(42)32-13-15-34(49)16-14-32)54-38(48(57)58)27-33-9-5-7-11-39(33)61-28-35-17-18-50-45(53-35)37-10-6-8-12-40(37)59-4/h5-18,25-26,29,38H,19-24,27-28H2,1-4H3,(H,57,58)(H,51,52,54)/t38-/m1/s1. The molecule has 62 heavy (non-hydrogen) atoms. The van der Waals surface area contributed by atoms with Gasteiger partial charge in [-0.1, -0.05) is 42.5 Å². The first-order valence-electron chi connectivity index (χ1n) is 20.5. The Morgan fingerprint density at radius 1 is 0.887 bits per heavy atom. The number of thiophene rings is 1. The Balaban J connectivity index is 1.08. The van der Waals surface area contributed by atoms with E-state index < -0.39 is 12.0 Å². The molecule has 1 fully saturated rings. The van der Waals surface area contributed by atoms with E-state index in [1.807, 2.05) is 74.5 Å². The highest BCUT2D eigenvalue weighted by molar-refractivity contribution is 7.22. The van der Waals surface area contributed by atoms with Gasteiger partial charge in [0.2, 0.25) is 0 Å². The van der Waals surface area contributed by atoms with Gasteiger partial charge in [0.15, 0.2) is 5.82 Å². The molecule has 318 valence electrons. The van der Waals surface area contributed by atoms with Gasteiger partial charge >= 0.3 is 5.97 Å². The van der Waals surface area contributed by atoms with Crippen LogP contribution in [-0.2, 0) is 17.8 Å². The molecule has 4 aromatic carbocycles. The molecule has 0 bridgehead atoms. The number of rotatable bonds is 16. The van der Waals surface area contributed by atoms with Crippen molar-refractivity contribution in [2.45, 2.75) is 32.9 Å². The number of carboxylic acids is 1. The molecule has 1 atom stereocenters. The molecule has 8 rings (SSSR count). The lowest BCUT2D eigenvalue weighted by Gasteiger charge is -2.32. The Hall–Kier alpha value is -6.48. The number of halogens is 1. The van der Waals surface area contributed by atoms with Crippen molar-refractivity contribution in [1.29, 1.82) is 0 Å². The van der Waals surface area contributed by atoms with Crippen LogP contribution in [0.3, 0.4) is 0 Å². The number of likely N-dealkylation sites (N-methyl/N-ethyl adjacent to an activating group) is 1. The van der Waals surface area contributed by atoms with Gasteiger partial charge in [0, 0.05) is 55.8 Å². The van der Waals surface area contributed by atoms with E-state index in [-0.39, 0.29) is 18.8 Å². The highest BCUT2D eigenvalue weighted by atomic mass is 32.1. The second-order valence-corrected chi connectivity index (χ2v) is 16.3. The van der Waals surface area contributed by atoms with Crippen LogP contribution in [0, 0.1) is 19.7 Å². The quantitative estimate of drug-likeness (QED) is 0.0965. The Morgan fingerprint density at radius 2 is 1.61 bits per heavy atom. The van der Waals surface area contributed by atoms with Gasteiger partial charge in [-0.15, -0.1) is 11.3 Å². The third kappa shape index (κ3) is 9.52. The average molecular weight is 854 g/mol. The Morgan fingerprint density at radius 3 is 2.35 bits per heavy atom. The number of ether oxygens (including phenoxy) is 3. The van der Waals surface area contributed by atoms with Crippen LogP contribution in [0.15, 0.2) is 104 Å². The lowest BCUT2D eigenvalue weighted by Crippen LogP contribution is -2.45. The largest absolute Gasteiger partial charge is 0.496 e. The number of benzene rings is 4. The molecule has 0 amide bonds. The Bertz CT molecular complexity index is 2660. The molecule has 3 aromatic heterocycles. The van der Waals surface area contributed by atoms with Crippen molar-refractivity contribution in [3.8, 4) is 50.2 Å². The van der Waals surface area contributed by atoms with Gasteiger partial charge in [0.05, 0.1) is 23.8 Å². The maximum Gasteiger partial charge on any atom is 0.326 e. The molecular weight excluding hydrogens is 806 g/mol. The number of carbonyl (C=O) groups is 1. The van der Waals surface area contributed by atoms with Crippen LogP contribution < -0.4 is 19.5 Å². The Labute approximate surface area is 364 Å². The summed E-state index contributed by atoms with van der Waals surface area (Å²) in [5.74, 6) is 1.43. The summed E-state index contributed by atoms with van der Waals surface area (Å²) in [5.41, 5.74) is 6.62. The van der Waals surface area contributed by atoms with Crippen molar-refractivity contribution in [2.75, 3.05) is 58.8 Å². The predicted octanol–water partition coefficient (Wildman–Crippen LogP) is 8.56. The number of aryl methyl sites for hydroxylation is 2. The fourth-order valence-corrected chi connectivity index (χ4v) is 8.99. The number of para-hydroxylation sites is 2. The summed E-state index contributed by atoms with van der Waals surface area (Å²) in [6.45, 7) is 9.77. The molecule has 0 spiro atoms. The first kappa shape index (κ1) is 42.2. The third-order valence-corrected chi connectivity index (χ3v) is 12.2. The molecule has 1 aliphatic heterocycles. The monoisotopic (exact) mass is 853 g/mol. The summed E-state index contributed by atoms with van der Waals surface area (Å²) in [5, 5.41) is 14.7. The van der Waals surface area contributed by atoms with Gasteiger partial charge in [-0.3, -0.25) is 4.90 Å². The Kier molecular flexibility index (Phi) is 13.0. The highest BCUT2D eigenvalue weighted by Gasteiger charge is 2.27. The zero-order valence-corrected chi connectivity index (χ0v) is 35.9. The van der Waals surface area contributed by atoms with E-state index in [0.717, 1.165) is 76.7 Å². The predicted molar refractivity (Wildman–Crippen MR) is 241 cm³/mol. The van der Waals surface area contributed by atoms with Crippen molar-refractivity contribution in [1.82, 2.24) is 29.7 Å². The van der Waals surface area contributed by atoms with Crippen molar-refractivity contribution in [3.63, 3.8) is 0 Å². The van der Waals surface area contributed by atoms with Crippen LogP contribution in [0.4, 0.5) is 10.2 Å². The summed E-state index contributed by atoms with van der Waals surface area (Å²) in [6.07, 6.45) is 3.19. The minimum absolute atomic E-state index is 0.0791. The van der Waals surface area contributed by atoms with Crippen LogP contribution in [-0.4, -0.2) is 100 Å². The van der Waals surface area contributed by atoms with E-state index in [1.165, 1.54) is 29.8 Å². The summed E-state index contributed by atoms with van der Waals surface area (Å²) < 4.78 is 32.4. The molecule has 0 unspecified atom stereocenters. The molecule has 4 heterocycles. The lowest BCUT2D eigenvalue weighted by atomic mass is 9.92.